The molecule has 0 saturated carbocycles. The molecule has 0 radical (unpaired) electrons. The average Bonchev–Trinajstić information content (AvgIpc) is 2.38. The molecule has 0 unspecified atom stereocenters. The van der Waals surface area contributed by atoms with Crippen LogP contribution in [0.3, 0.4) is 0 Å². The van der Waals surface area contributed by atoms with Gasteiger partial charge in [-0.05, 0) is 36.4 Å². The molecule has 1 aromatic carbocycles. The number of nitrogens with zero attached hydrogens (tertiary/aromatic N) is 2. The number of benzene rings is 1. The summed E-state index contributed by atoms with van der Waals surface area (Å²) in [4.78, 5) is 4.04. The zero-order valence-electron chi connectivity index (χ0n) is 9.48. The van der Waals surface area contributed by atoms with Gasteiger partial charge in [-0.1, -0.05) is 0 Å². The normalized spacial score (nSPS) is 10.8. The molecule has 1 heterocycles. The minimum atomic E-state index is -4.70. The molecule has 1 aromatic heterocycles. The molecule has 0 spiro atoms. The summed E-state index contributed by atoms with van der Waals surface area (Å²) in [6.45, 7) is 0. The van der Waals surface area contributed by atoms with Gasteiger partial charge >= 0.3 is 6.36 Å². The van der Waals surface area contributed by atoms with Crippen molar-refractivity contribution in [2.24, 2.45) is 0 Å². The lowest BCUT2D eigenvalue weighted by Crippen LogP contribution is -2.16. The molecular weight excluding hydrogens is 257 g/mol. The Balaban J connectivity index is 2.20. The lowest BCUT2D eigenvalue weighted by molar-refractivity contribution is -0.274. The first-order chi connectivity index (χ1) is 8.98. The topological polar surface area (TPSA) is 45.9 Å². The van der Waals surface area contributed by atoms with E-state index in [4.69, 9.17) is 5.26 Å². The highest BCUT2D eigenvalue weighted by atomic mass is 19.4. The van der Waals surface area contributed by atoms with Gasteiger partial charge in [0.15, 0.2) is 0 Å². The van der Waals surface area contributed by atoms with Gasteiger partial charge in [-0.25, -0.2) is 0 Å². The molecule has 0 aliphatic rings. The maximum absolute atomic E-state index is 12.0. The van der Waals surface area contributed by atoms with E-state index in [0.29, 0.717) is 16.8 Å². The van der Waals surface area contributed by atoms with Crippen molar-refractivity contribution < 1.29 is 17.9 Å². The third-order valence-corrected chi connectivity index (χ3v) is 2.28. The fourth-order valence-electron chi connectivity index (χ4n) is 1.46. The molecule has 0 aliphatic carbocycles. The second kappa shape index (κ2) is 4.98. The predicted octanol–water partition coefficient (Wildman–Crippen LogP) is 3.52. The van der Waals surface area contributed by atoms with Gasteiger partial charge in [-0.15, -0.1) is 13.2 Å². The Bertz CT molecular complexity index is 598. The van der Waals surface area contributed by atoms with Crippen LogP contribution in [0.1, 0.15) is 5.56 Å². The van der Waals surface area contributed by atoms with Crippen LogP contribution in [-0.4, -0.2) is 11.3 Å². The van der Waals surface area contributed by atoms with E-state index in [1.807, 2.05) is 6.07 Å². The van der Waals surface area contributed by atoms with E-state index in [9.17, 15) is 13.2 Å². The minimum Gasteiger partial charge on any atom is -0.406 e. The Morgan fingerprint density at radius 2 is 1.74 bits per heavy atom. The first kappa shape index (κ1) is 12.9. The summed E-state index contributed by atoms with van der Waals surface area (Å²) in [5, 5.41) is 8.63. The molecule has 6 heteroatoms. The van der Waals surface area contributed by atoms with Crippen LogP contribution < -0.4 is 4.74 Å². The molecule has 96 valence electrons. The van der Waals surface area contributed by atoms with Gasteiger partial charge in [0.05, 0.1) is 11.3 Å². The van der Waals surface area contributed by atoms with Gasteiger partial charge in [0.25, 0.3) is 0 Å². The Morgan fingerprint density at radius 3 is 2.21 bits per heavy atom. The fourth-order valence-corrected chi connectivity index (χ4v) is 1.46. The molecule has 2 aromatic rings. The van der Waals surface area contributed by atoms with Crippen molar-refractivity contribution in [3.8, 4) is 23.1 Å². The molecule has 19 heavy (non-hydrogen) atoms. The maximum atomic E-state index is 12.0. The van der Waals surface area contributed by atoms with Gasteiger partial charge in [0, 0.05) is 11.8 Å². The predicted molar refractivity (Wildman–Crippen MR) is 61.1 cm³/mol. The molecule has 2 rings (SSSR count). The van der Waals surface area contributed by atoms with Crippen LogP contribution in [0.25, 0.3) is 11.3 Å². The number of hydrogen-bond acceptors (Lipinski definition) is 3. The fraction of sp³-hybridized carbons (Fsp3) is 0.0769. The van der Waals surface area contributed by atoms with Crippen molar-refractivity contribution in [3.63, 3.8) is 0 Å². The number of hydrogen-bond donors (Lipinski definition) is 0. The van der Waals surface area contributed by atoms with Gasteiger partial charge < -0.3 is 4.74 Å². The summed E-state index contributed by atoms with van der Waals surface area (Å²) in [7, 11) is 0. The highest BCUT2D eigenvalue weighted by molar-refractivity contribution is 5.60. The average molecular weight is 264 g/mol. The standard InChI is InChI=1S/C13H7F3N2O/c14-13(15,16)19-11-4-2-10(3-5-11)12-6-1-9(7-17)8-18-12/h1-6,8H. The van der Waals surface area contributed by atoms with Crippen LogP contribution in [0.5, 0.6) is 5.75 Å². The third kappa shape index (κ3) is 3.45. The van der Waals surface area contributed by atoms with E-state index in [1.54, 1.807) is 12.1 Å². The van der Waals surface area contributed by atoms with Crippen molar-refractivity contribution in [2.75, 3.05) is 0 Å². The van der Waals surface area contributed by atoms with Crippen LogP contribution in [0, 0.1) is 11.3 Å². The van der Waals surface area contributed by atoms with E-state index in [2.05, 4.69) is 9.72 Å². The summed E-state index contributed by atoms with van der Waals surface area (Å²) in [5.41, 5.74) is 1.62. The third-order valence-electron chi connectivity index (χ3n) is 2.28. The molecule has 0 aliphatic heterocycles. The molecule has 3 nitrogen and oxygen atoms in total. The van der Waals surface area contributed by atoms with Gasteiger partial charge in [-0.3, -0.25) is 4.98 Å². The van der Waals surface area contributed by atoms with Crippen molar-refractivity contribution in [1.82, 2.24) is 4.98 Å². The first-order valence-corrected chi connectivity index (χ1v) is 5.20. The largest absolute Gasteiger partial charge is 0.573 e. The number of rotatable bonds is 2. The lowest BCUT2D eigenvalue weighted by Gasteiger charge is -2.09. The first-order valence-electron chi connectivity index (χ1n) is 5.20. The molecule has 0 bridgehead atoms. The van der Waals surface area contributed by atoms with Crippen molar-refractivity contribution in [2.45, 2.75) is 6.36 Å². The van der Waals surface area contributed by atoms with E-state index >= 15 is 0 Å². The quantitative estimate of drug-likeness (QED) is 0.833. The van der Waals surface area contributed by atoms with Crippen LogP contribution in [-0.2, 0) is 0 Å². The van der Waals surface area contributed by atoms with E-state index < -0.39 is 6.36 Å². The minimum absolute atomic E-state index is 0.287. The molecule has 0 fully saturated rings. The number of halogens is 3. The second-order valence-electron chi connectivity index (χ2n) is 3.62. The Kier molecular flexibility index (Phi) is 3.38. The number of alkyl halides is 3. The summed E-state index contributed by atoms with van der Waals surface area (Å²) >= 11 is 0. The van der Waals surface area contributed by atoms with Crippen LogP contribution in [0.2, 0.25) is 0 Å². The zero-order chi connectivity index (χ0) is 13.9. The zero-order valence-corrected chi connectivity index (χ0v) is 9.48. The lowest BCUT2D eigenvalue weighted by atomic mass is 10.1. The SMILES string of the molecule is N#Cc1ccc(-c2ccc(OC(F)(F)F)cc2)nc1. The number of pyridine rings is 1. The summed E-state index contributed by atoms with van der Waals surface area (Å²) in [5.74, 6) is -0.287. The van der Waals surface area contributed by atoms with Crippen LogP contribution in [0.15, 0.2) is 42.6 Å². The van der Waals surface area contributed by atoms with Crippen LogP contribution in [0.4, 0.5) is 13.2 Å². The molecule has 0 saturated heterocycles. The second-order valence-corrected chi connectivity index (χ2v) is 3.62. The summed E-state index contributed by atoms with van der Waals surface area (Å²) in [6, 6.07) is 10.5. The van der Waals surface area contributed by atoms with Gasteiger partial charge in [-0.2, -0.15) is 5.26 Å². The van der Waals surface area contributed by atoms with Crippen molar-refractivity contribution >= 4 is 0 Å². The highest BCUT2D eigenvalue weighted by Crippen LogP contribution is 2.25. The Morgan fingerprint density at radius 1 is 1.05 bits per heavy atom. The highest BCUT2D eigenvalue weighted by Gasteiger charge is 2.30. The molecule has 0 amide bonds. The number of aromatic nitrogens is 1. The van der Waals surface area contributed by atoms with Crippen LogP contribution >= 0.6 is 0 Å². The van der Waals surface area contributed by atoms with Gasteiger partial charge in [0.1, 0.15) is 11.8 Å². The van der Waals surface area contributed by atoms with E-state index in [1.165, 1.54) is 30.5 Å². The Hall–Kier alpha value is -2.55. The maximum Gasteiger partial charge on any atom is 0.573 e. The van der Waals surface area contributed by atoms with Crippen molar-refractivity contribution in [1.29, 1.82) is 5.26 Å². The molecule has 0 N–H and O–H groups in total. The van der Waals surface area contributed by atoms with Gasteiger partial charge in [0.2, 0.25) is 0 Å². The smallest absolute Gasteiger partial charge is 0.406 e. The Labute approximate surface area is 106 Å². The van der Waals surface area contributed by atoms with E-state index in [0.717, 1.165) is 0 Å². The van der Waals surface area contributed by atoms with Crippen molar-refractivity contribution in [3.05, 3.63) is 48.2 Å². The number of nitriles is 1. The monoisotopic (exact) mass is 264 g/mol. The number of ether oxygens (including phenoxy) is 1. The van der Waals surface area contributed by atoms with E-state index in [-0.39, 0.29) is 5.75 Å². The molecule has 0 atom stereocenters. The summed E-state index contributed by atoms with van der Waals surface area (Å²) < 4.78 is 39.7. The summed E-state index contributed by atoms with van der Waals surface area (Å²) in [6.07, 6.45) is -3.30. The molecular formula is C13H7F3N2O.